The van der Waals surface area contributed by atoms with Crippen LogP contribution in [0.2, 0.25) is 0 Å². The van der Waals surface area contributed by atoms with Crippen molar-refractivity contribution in [3.05, 3.63) is 82.5 Å². The lowest BCUT2D eigenvalue weighted by Crippen LogP contribution is -2.23. The summed E-state index contributed by atoms with van der Waals surface area (Å²) in [7, 11) is 1.63. The lowest BCUT2D eigenvalue weighted by Gasteiger charge is -2.07. The van der Waals surface area contributed by atoms with Gasteiger partial charge in [0.1, 0.15) is 11.5 Å². The Bertz CT molecular complexity index is 1390. The summed E-state index contributed by atoms with van der Waals surface area (Å²) in [5.74, 6) is -0.120. The highest BCUT2D eigenvalue weighted by Gasteiger charge is 2.31. The van der Waals surface area contributed by atoms with E-state index in [9.17, 15) is 14.4 Å². The number of furan rings is 1. The van der Waals surface area contributed by atoms with Crippen molar-refractivity contribution in [1.29, 1.82) is 0 Å². The van der Waals surface area contributed by atoms with Gasteiger partial charge in [-0.1, -0.05) is 31.2 Å². The molecule has 0 spiro atoms. The smallest absolute Gasteiger partial charge is 0.338 e. The molecule has 0 saturated carbocycles. The summed E-state index contributed by atoms with van der Waals surface area (Å²) in [5.41, 5.74) is 1.94. The molecule has 1 aromatic heterocycles. The van der Waals surface area contributed by atoms with Crippen LogP contribution in [0.15, 0.2) is 75.0 Å². The van der Waals surface area contributed by atoms with Crippen LogP contribution in [-0.2, 0) is 14.3 Å². The normalized spacial score (nSPS) is 15.4. The first-order valence-electron chi connectivity index (χ1n) is 11.8. The third-order valence-corrected chi connectivity index (χ3v) is 6.40. The molecule has 1 amide bonds. The van der Waals surface area contributed by atoms with Crippen molar-refractivity contribution in [2.24, 2.45) is 4.99 Å². The highest BCUT2D eigenvalue weighted by molar-refractivity contribution is 8.18. The van der Waals surface area contributed by atoms with Crippen LogP contribution in [-0.4, -0.2) is 48.2 Å². The van der Waals surface area contributed by atoms with Crippen LogP contribution in [0.3, 0.4) is 0 Å². The first kappa shape index (κ1) is 26.0. The Morgan fingerprint density at radius 3 is 2.62 bits per heavy atom. The van der Waals surface area contributed by atoms with Gasteiger partial charge in [-0.25, -0.2) is 14.6 Å². The summed E-state index contributed by atoms with van der Waals surface area (Å²) >= 11 is 1.20. The van der Waals surface area contributed by atoms with E-state index in [1.165, 1.54) is 16.7 Å². The number of hydrogen-bond acceptors (Lipinski definition) is 8. The molecule has 0 N–H and O–H groups in total. The summed E-state index contributed by atoms with van der Waals surface area (Å²) in [6, 6.07) is 17.3. The predicted octanol–water partition coefficient (Wildman–Crippen LogP) is 5.92. The van der Waals surface area contributed by atoms with Crippen molar-refractivity contribution < 1.29 is 28.3 Å². The second-order valence-electron chi connectivity index (χ2n) is 8.02. The van der Waals surface area contributed by atoms with E-state index < -0.39 is 11.9 Å². The summed E-state index contributed by atoms with van der Waals surface area (Å²) < 4.78 is 16.3. The van der Waals surface area contributed by atoms with Crippen LogP contribution in [0.4, 0.5) is 5.69 Å². The molecule has 9 heteroatoms. The minimum absolute atomic E-state index is 0.230. The predicted molar refractivity (Wildman–Crippen MR) is 143 cm³/mol. The number of nitrogens with zero attached hydrogens (tertiary/aromatic N) is 2. The molecule has 3 aromatic rings. The molecule has 4 rings (SSSR count). The Balaban J connectivity index is 1.56. The van der Waals surface area contributed by atoms with E-state index in [1.54, 1.807) is 74.6 Å². The maximum atomic E-state index is 12.9. The molecule has 8 nitrogen and oxygen atoms in total. The number of rotatable bonds is 8. The van der Waals surface area contributed by atoms with Crippen molar-refractivity contribution in [3.63, 3.8) is 0 Å². The number of carbonyl (C=O) groups excluding carboxylic acids is 3. The molecule has 2 heterocycles. The zero-order valence-corrected chi connectivity index (χ0v) is 21.5. The van der Waals surface area contributed by atoms with Gasteiger partial charge in [-0.15, -0.1) is 0 Å². The van der Waals surface area contributed by atoms with Crippen LogP contribution in [0, 0.1) is 0 Å². The Morgan fingerprint density at radius 1 is 1.03 bits per heavy atom. The SMILES string of the molecule is CCCOC(=O)c1ccccc1-c1ccc(C=C2SC(=Nc3cccc(C(=O)OCC)c3)N(C)C2=O)o1. The number of hydrogen-bond donors (Lipinski definition) is 0. The molecular formula is C28H26N2O6S. The maximum absolute atomic E-state index is 12.9. The number of amidine groups is 1. The van der Waals surface area contributed by atoms with Gasteiger partial charge in [0.2, 0.25) is 0 Å². The van der Waals surface area contributed by atoms with Crippen molar-refractivity contribution in [1.82, 2.24) is 4.90 Å². The van der Waals surface area contributed by atoms with Crippen LogP contribution >= 0.6 is 11.8 Å². The van der Waals surface area contributed by atoms with Gasteiger partial charge in [0.25, 0.3) is 5.91 Å². The fraction of sp³-hybridized carbons (Fsp3) is 0.214. The number of thioether (sulfide) groups is 1. The first-order valence-corrected chi connectivity index (χ1v) is 12.6. The maximum Gasteiger partial charge on any atom is 0.338 e. The number of esters is 2. The Morgan fingerprint density at radius 2 is 1.84 bits per heavy atom. The average Bonchev–Trinajstić information content (AvgIpc) is 3.48. The van der Waals surface area contributed by atoms with Crippen LogP contribution < -0.4 is 0 Å². The second-order valence-corrected chi connectivity index (χ2v) is 9.03. The summed E-state index contributed by atoms with van der Waals surface area (Å²) in [6.07, 6.45) is 2.37. The zero-order chi connectivity index (χ0) is 26.4. The number of benzene rings is 2. The van der Waals surface area contributed by atoms with Crippen molar-refractivity contribution in [2.75, 3.05) is 20.3 Å². The van der Waals surface area contributed by atoms with Gasteiger partial charge in [-0.3, -0.25) is 9.69 Å². The molecule has 190 valence electrons. The van der Waals surface area contributed by atoms with Gasteiger partial charge in [0, 0.05) is 18.7 Å². The van der Waals surface area contributed by atoms with Crippen LogP contribution in [0.25, 0.3) is 17.4 Å². The van der Waals surface area contributed by atoms with Gasteiger partial charge in [0.15, 0.2) is 5.17 Å². The van der Waals surface area contributed by atoms with Crippen LogP contribution in [0.1, 0.15) is 46.7 Å². The van der Waals surface area contributed by atoms with Crippen molar-refractivity contribution in [3.8, 4) is 11.3 Å². The van der Waals surface area contributed by atoms with Gasteiger partial charge in [-0.05, 0) is 61.5 Å². The van der Waals surface area contributed by atoms with Crippen molar-refractivity contribution >= 4 is 46.5 Å². The Labute approximate surface area is 219 Å². The van der Waals surface area contributed by atoms with Crippen molar-refractivity contribution in [2.45, 2.75) is 20.3 Å². The Kier molecular flexibility index (Phi) is 8.25. The number of likely N-dealkylation sites (N-methyl/N-ethyl adjacent to an activating group) is 1. The molecule has 1 saturated heterocycles. The van der Waals surface area contributed by atoms with Gasteiger partial charge in [-0.2, -0.15) is 0 Å². The third-order valence-electron chi connectivity index (χ3n) is 5.34. The topological polar surface area (TPSA) is 98.4 Å². The molecule has 1 aliphatic heterocycles. The van der Waals surface area contributed by atoms with E-state index >= 15 is 0 Å². The molecule has 2 aromatic carbocycles. The average molecular weight is 519 g/mol. The van der Waals surface area contributed by atoms with E-state index in [4.69, 9.17) is 13.9 Å². The van der Waals surface area contributed by atoms with E-state index in [2.05, 4.69) is 4.99 Å². The fourth-order valence-corrected chi connectivity index (χ4v) is 4.50. The lowest BCUT2D eigenvalue weighted by molar-refractivity contribution is -0.121. The second kappa shape index (κ2) is 11.7. The third kappa shape index (κ3) is 6.00. The quantitative estimate of drug-likeness (QED) is 0.269. The Hall–Kier alpha value is -4.11. The number of carbonyl (C=O) groups is 3. The zero-order valence-electron chi connectivity index (χ0n) is 20.7. The van der Waals surface area contributed by atoms with Gasteiger partial charge in [0.05, 0.1) is 34.9 Å². The van der Waals surface area contributed by atoms with E-state index in [0.29, 0.717) is 50.6 Å². The molecule has 1 aliphatic rings. The van der Waals surface area contributed by atoms with E-state index in [0.717, 1.165) is 6.42 Å². The lowest BCUT2D eigenvalue weighted by atomic mass is 10.1. The van der Waals surface area contributed by atoms with E-state index in [1.807, 2.05) is 13.0 Å². The molecule has 0 radical (unpaired) electrons. The molecule has 0 bridgehead atoms. The fourth-order valence-electron chi connectivity index (χ4n) is 3.53. The summed E-state index contributed by atoms with van der Waals surface area (Å²) in [4.78, 5) is 43.8. The standard InChI is InChI=1S/C28H26N2O6S/c1-4-15-35-27(33)22-12-7-6-11-21(22)23-14-13-20(36-23)17-24-25(31)30(3)28(37-24)29-19-10-8-9-18(16-19)26(32)34-5-2/h6-14,16-17H,4-5,15H2,1-3H3. The van der Waals surface area contributed by atoms with Gasteiger partial charge >= 0.3 is 11.9 Å². The number of aliphatic imine (C=N–C) groups is 1. The molecule has 37 heavy (non-hydrogen) atoms. The first-order chi connectivity index (χ1) is 17.9. The largest absolute Gasteiger partial charge is 0.462 e. The van der Waals surface area contributed by atoms with Gasteiger partial charge < -0.3 is 13.9 Å². The number of amides is 1. The molecule has 0 atom stereocenters. The van der Waals surface area contributed by atoms with Crippen LogP contribution in [0.5, 0.6) is 0 Å². The number of ether oxygens (including phenoxy) is 2. The minimum Gasteiger partial charge on any atom is -0.462 e. The highest BCUT2D eigenvalue weighted by Crippen LogP contribution is 2.34. The molecule has 0 unspecified atom stereocenters. The molecular weight excluding hydrogens is 492 g/mol. The summed E-state index contributed by atoms with van der Waals surface area (Å²) in [6.45, 7) is 4.30. The monoisotopic (exact) mass is 518 g/mol. The molecule has 1 fully saturated rings. The summed E-state index contributed by atoms with van der Waals surface area (Å²) in [5, 5.41) is 0.466. The minimum atomic E-state index is -0.428. The highest BCUT2D eigenvalue weighted by atomic mass is 32.2. The molecule has 0 aliphatic carbocycles. The van der Waals surface area contributed by atoms with E-state index in [-0.39, 0.29) is 12.5 Å².